The van der Waals surface area contributed by atoms with Crippen molar-refractivity contribution in [2.75, 3.05) is 18.5 Å². The van der Waals surface area contributed by atoms with Crippen LogP contribution < -0.4 is 10.8 Å². The molecule has 1 N–H and O–H groups in total. The highest BCUT2D eigenvalue weighted by molar-refractivity contribution is 6.74. The van der Waals surface area contributed by atoms with Gasteiger partial charge < -0.3 is 23.0 Å². The van der Waals surface area contributed by atoms with E-state index in [9.17, 15) is 12.9 Å². The molecule has 0 amide bonds. The third kappa shape index (κ3) is 2.09. The largest absolute Gasteiger partial charge is 0.510 e. The first-order valence-corrected chi connectivity index (χ1v) is 4.72. The van der Waals surface area contributed by atoms with Crippen LogP contribution in [0, 0.1) is 0 Å². The molecule has 0 saturated carbocycles. The lowest BCUT2D eigenvalue weighted by Gasteiger charge is -2.20. The molecule has 1 aromatic rings. The van der Waals surface area contributed by atoms with Gasteiger partial charge in [-0.1, -0.05) is 12.1 Å². The van der Waals surface area contributed by atoms with E-state index < -0.39 is 12.4 Å². The summed E-state index contributed by atoms with van der Waals surface area (Å²) in [7, 11) is 0. The molecular formula is C9H10BF3NO-. The van der Waals surface area contributed by atoms with E-state index in [2.05, 4.69) is 5.32 Å². The van der Waals surface area contributed by atoms with E-state index in [-0.39, 0.29) is 12.2 Å². The molecule has 0 bridgehead atoms. The second-order valence-electron chi connectivity index (χ2n) is 3.43. The van der Waals surface area contributed by atoms with Gasteiger partial charge in [0, 0.05) is 12.2 Å². The Morgan fingerprint density at radius 3 is 2.80 bits per heavy atom. The number of halogens is 3. The number of benzene rings is 1. The molecule has 2 nitrogen and oxygen atoms in total. The fourth-order valence-corrected chi connectivity index (χ4v) is 1.67. The summed E-state index contributed by atoms with van der Waals surface area (Å²) in [5.74, 6) is 0. The highest BCUT2D eigenvalue weighted by atomic mass is 19.4. The lowest BCUT2D eigenvalue weighted by Crippen LogP contribution is -2.37. The van der Waals surface area contributed by atoms with E-state index in [1.54, 1.807) is 6.07 Å². The third-order valence-electron chi connectivity index (χ3n) is 2.37. The highest BCUT2D eigenvalue weighted by Gasteiger charge is 2.29. The molecule has 15 heavy (non-hydrogen) atoms. The molecule has 82 valence electrons. The minimum Gasteiger partial charge on any atom is -0.445 e. The topological polar surface area (TPSA) is 21.3 Å². The Morgan fingerprint density at radius 2 is 2.07 bits per heavy atom. The molecule has 2 rings (SSSR count). The number of anilines is 1. The van der Waals surface area contributed by atoms with E-state index in [0.29, 0.717) is 18.8 Å². The maximum atomic E-state index is 12.7. The van der Waals surface area contributed by atoms with Gasteiger partial charge in [0.1, 0.15) is 0 Å². The Kier molecular flexibility index (Phi) is 2.60. The summed E-state index contributed by atoms with van der Waals surface area (Å²) >= 11 is 0. The predicted molar refractivity (Wildman–Crippen MR) is 53.3 cm³/mol. The lowest BCUT2D eigenvalue weighted by molar-refractivity contribution is 0.135. The van der Waals surface area contributed by atoms with Crippen LogP contribution in [-0.2, 0) is 11.3 Å². The van der Waals surface area contributed by atoms with Crippen molar-refractivity contribution in [1.29, 1.82) is 0 Å². The van der Waals surface area contributed by atoms with Crippen molar-refractivity contribution in [2.45, 2.75) is 6.61 Å². The van der Waals surface area contributed by atoms with Gasteiger partial charge in [0.05, 0.1) is 13.2 Å². The minimum absolute atomic E-state index is 0.0275. The maximum absolute atomic E-state index is 12.7. The second-order valence-corrected chi connectivity index (χ2v) is 3.43. The average molecular weight is 216 g/mol. The molecule has 0 fully saturated rings. The first kappa shape index (κ1) is 10.4. The summed E-state index contributed by atoms with van der Waals surface area (Å²) in [6, 6.07) is 4.17. The summed E-state index contributed by atoms with van der Waals surface area (Å²) in [6.07, 6.45) is 0. The Morgan fingerprint density at radius 1 is 1.27 bits per heavy atom. The van der Waals surface area contributed by atoms with Gasteiger partial charge in [0.2, 0.25) is 0 Å². The van der Waals surface area contributed by atoms with Crippen molar-refractivity contribution in [2.24, 2.45) is 0 Å². The molecule has 0 aromatic heterocycles. The molecule has 1 aliphatic heterocycles. The van der Waals surface area contributed by atoms with E-state index >= 15 is 0 Å². The van der Waals surface area contributed by atoms with Crippen LogP contribution in [0.25, 0.3) is 0 Å². The Balaban J connectivity index is 2.48. The third-order valence-corrected chi connectivity index (χ3v) is 2.37. The number of nitrogens with one attached hydrogen (secondary N) is 1. The van der Waals surface area contributed by atoms with Gasteiger partial charge in [-0.25, -0.2) is 0 Å². The molecule has 0 aliphatic carbocycles. The predicted octanol–water partition coefficient (Wildman–Crippen LogP) is 1.68. The van der Waals surface area contributed by atoms with Gasteiger partial charge in [0.25, 0.3) is 0 Å². The van der Waals surface area contributed by atoms with Crippen LogP contribution in [0.5, 0.6) is 0 Å². The number of ether oxygens (including phenoxy) is 1. The van der Waals surface area contributed by atoms with Gasteiger partial charge >= 0.3 is 6.98 Å². The van der Waals surface area contributed by atoms with Crippen molar-refractivity contribution >= 4 is 18.1 Å². The maximum Gasteiger partial charge on any atom is 0.510 e. The minimum atomic E-state index is -4.97. The summed E-state index contributed by atoms with van der Waals surface area (Å²) < 4.78 is 43.2. The van der Waals surface area contributed by atoms with E-state index in [1.165, 1.54) is 6.07 Å². The lowest BCUT2D eigenvalue weighted by atomic mass is 9.76. The standard InChI is InChI=1S/C9H10BF3NO/c11-10(12,13)8-2-1-3-9-7(8)6-15-5-4-14-9/h1-3,14H,4-6H2/q-1. The number of hydrogen-bond acceptors (Lipinski definition) is 2. The first-order valence-electron chi connectivity index (χ1n) is 4.72. The molecular weight excluding hydrogens is 206 g/mol. The smallest absolute Gasteiger partial charge is 0.445 e. The molecule has 0 atom stereocenters. The molecule has 1 aromatic carbocycles. The highest BCUT2D eigenvalue weighted by Crippen LogP contribution is 2.21. The Bertz CT molecular complexity index is 367. The first-order chi connectivity index (χ1) is 7.09. The number of rotatable bonds is 1. The van der Waals surface area contributed by atoms with Crippen LogP contribution in [0.1, 0.15) is 5.56 Å². The molecule has 1 heterocycles. The molecule has 6 heteroatoms. The Hall–Kier alpha value is -1.17. The number of hydrogen-bond donors (Lipinski definition) is 1. The SMILES string of the molecule is F[B-](F)(F)c1cccc2c1COCCN2. The van der Waals surface area contributed by atoms with Crippen LogP contribution in [0.2, 0.25) is 0 Å². The Labute approximate surface area is 85.5 Å². The average Bonchev–Trinajstić information content (AvgIpc) is 2.39. The van der Waals surface area contributed by atoms with Gasteiger partial charge in [0.15, 0.2) is 0 Å². The summed E-state index contributed by atoms with van der Waals surface area (Å²) in [5.41, 5.74) is 0.202. The summed E-state index contributed by atoms with van der Waals surface area (Å²) in [6.45, 7) is -3.96. The number of fused-ring (bicyclic) bond motifs is 1. The fourth-order valence-electron chi connectivity index (χ4n) is 1.67. The van der Waals surface area contributed by atoms with E-state index in [4.69, 9.17) is 4.74 Å². The zero-order valence-electron chi connectivity index (χ0n) is 7.97. The van der Waals surface area contributed by atoms with Gasteiger partial charge in [-0.05, 0) is 11.6 Å². The summed E-state index contributed by atoms with van der Waals surface area (Å²) in [4.78, 5) is 0. The normalized spacial score (nSPS) is 16.5. The monoisotopic (exact) mass is 216 g/mol. The van der Waals surface area contributed by atoms with Crippen molar-refractivity contribution in [3.8, 4) is 0 Å². The molecule has 0 radical (unpaired) electrons. The molecule has 1 aliphatic rings. The van der Waals surface area contributed by atoms with Crippen molar-refractivity contribution in [3.05, 3.63) is 23.8 Å². The molecule has 0 unspecified atom stereocenters. The quantitative estimate of drug-likeness (QED) is 0.721. The summed E-state index contributed by atoms with van der Waals surface area (Å²) in [5, 5.41) is 2.92. The molecule has 0 spiro atoms. The zero-order chi connectivity index (χ0) is 10.9. The van der Waals surface area contributed by atoms with Crippen molar-refractivity contribution in [1.82, 2.24) is 0 Å². The van der Waals surface area contributed by atoms with E-state index in [1.807, 2.05) is 0 Å². The van der Waals surface area contributed by atoms with Crippen LogP contribution in [0.15, 0.2) is 18.2 Å². The fraction of sp³-hybridized carbons (Fsp3) is 0.333. The van der Waals surface area contributed by atoms with Crippen LogP contribution in [0.3, 0.4) is 0 Å². The molecule has 0 saturated heterocycles. The van der Waals surface area contributed by atoms with Gasteiger partial charge in [-0.2, -0.15) is 0 Å². The van der Waals surface area contributed by atoms with Crippen molar-refractivity contribution in [3.63, 3.8) is 0 Å². The van der Waals surface area contributed by atoms with E-state index in [0.717, 1.165) is 6.07 Å². The van der Waals surface area contributed by atoms with Crippen LogP contribution in [-0.4, -0.2) is 20.1 Å². The van der Waals surface area contributed by atoms with Crippen LogP contribution >= 0.6 is 0 Å². The zero-order valence-corrected chi connectivity index (χ0v) is 7.97. The van der Waals surface area contributed by atoms with Gasteiger partial charge in [-0.3, -0.25) is 0 Å². The van der Waals surface area contributed by atoms with Crippen LogP contribution in [0.4, 0.5) is 18.6 Å². The van der Waals surface area contributed by atoms with Crippen molar-refractivity contribution < 1.29 is 17.7 Å². The second kappa shape index (κ2) is 3.77. The van der Waals surface area contributed by atoms with Gasteiger partial charge in [-0.15, -0.1) is 5.46 Å².